The van der Waals surface area contributed by atoms with E-state index in [0.29, 0.717) is 29.9 Å². The summed E-state index contributed by atoms with van der Waals surface area (Å²) in [6.45, 7) is 5.92. The molecular formula is C24H26O6. The number of ether oxygens (including phenoxy) is 2. The molecule has 2 unspecified atom stereocenters. The summed E-state index contributed by atoms with van der Waals surface area (Å²) in [4.78, 5) is 24.9. The summed E-state index contributed by atoms with van der Waals surface area (Å²) in [5.41, 5.74) is 0.739. The predicted molar refractivity (Wildman–Crippen MR) is 112 cm³/mol. The third-order valence-corrected chi connectivity index (χ3v) is 4.88. The second kappa shape index (κ2) is 8.71. The van der Waals surface area contributed by atoms with Crippen LogP contribution in [0.25, 0.3) is 0 Å². The van der Waals surface area contributed by atoms with Crippen LogP contribution in [0.15, 0.2) is 66.0 Å². The quantitative estimate of drug-likeness (QED) is 0.574. The molecular weight excluding hydrogens is 384 g/mol. The largest absolute Gasteiger partial charge is 0.508 e. The number of hydrogen-bond donors (Lipinski definition) is 2. The van der Waals surface area contributed by atoms with Crippen molar-refractivity contribution in [3.8, 4) is 11.5 Å². The van der Waals surface area contributed by atoms with Gasteiger partial charge in [-0.05, 0) is 54.7 Å². The van der Waals surface area contributed by atoms with Crippen molar-refractivity contribution in [3.05, 3.63) is 71.6 Å². The minimum absolute atomic E-state index is 0.137. The summed E-state index contributed by atoms with van der Waals surface area (Å²) in [6.07, 6.45) is 9.56. The van der Waals surface area contributed by atoms with Gasteiger partial charge in [-0.1, -0.05) is 39.0 Å². The number of benzene rings is 1. The van der Waals surface area contributed by atoms with Crippen LogP contribution in [0, 0.1) is 5.92 Å². The smallest absolute Gasteiger partial charge is 0.343 e. The molecule has 3 rings (SSSR count). The molecule has 0 bridgehead atoms. The van der Waals surface area contributed by atoms with E-state index in [9.17, 15) is 19.8 Å². The molecule has 0 radical (unpaired) electrons. The summed E-state index contributed by atoms with van der Waals surface area (Å²) >= 11 is 0. The number of rotatable bonds is 4. The van der Waals surface area contributed by atoms with E-state index >= 15 is 0 Å². The molecule has 0 aromatic heterocycles. The lowest BCUT2D eigenvalue weighted by Crippen LogP contribution is -2.22. The Bertz CT molecular complexity index is 958. The van der Waals surface area contributed by atoms with Crippen LogP contribution in [0.4, 0.5) is 0 Å². The van der Waals surface area contributed by atoms with Crippen LogP contribution in [-0.4, -0.2) is 28.3 Å². The SMILES string of the molecule is CC(C)(C)c1cc(OC(=O)C2=CCC(O)C=C2)ccc1OC(=O)C1C=CC(O)=CC1. The zero-order valence-electron chi connectivity index (χ0n) is 17.3. The molecule has 0 amide bonds. The maximum Gasteiger partial charge on any atom is 0.343 e. The van der Waals surface area contributed by atoms with Crippen molar-refractivity contribution >= 4 is 11.9 Å². The summed E-state index contributed by atoms with van der Waals surface area (Å²) in [5, 5.41) is 18.9. The van der Waals surface area contributed by atoms with Crippen LogP contribution in [0.3, 0.4) is 0 Å². The Kier molecular flexibility index (Phi) is 6.27. The summed E-state index contributed by atoms with van der Waals surface area (Å²) in [6, 6.07) is 4.90. The van der Waals surface area contributed by atoms with Crippen LogP contribution < -0.4 is 9.47 Å². The van der Waals surface area contributed by atoms with Gasteiger partial charge in [-0.15, -0.1) is 0 Å². The third-order valence-electron chi connectivity index (χ3n) is 4.88. The molecule has 0 aliphatic heterocycles. The van der Waals surface area contributed by atoms with Crippen molar-refractivity contribution in [2.75, 3.05) is 0 Å². The first kappa shape index (κ1) is 21.6. The molecule has 2 N–H and O–H groups in total. The number of aliphatic hydroxyl groups excluding tert-OH is 2. The molecule has 1 aromatic rings. The van der Waals surface area contributed by atoms with Crippen molar-refractivity contribution < 1.29 is 29.3 Å². The number of allylic oxidation sites excluding steroid dienone is 2. The van der Waals surface area contributed by atoms with Crippen LogP contribution in [0.5, 0.6) is 11.5 Å². The summed E-state index contributed by atoms with van der Waals surface area (Å²) in [7, 11) is 0. The Morgan fingerprint density at radius 3 is 2.40 bits per heavy atom. The molecule has 0 fully saturated rings. The highest BCUT2D eigenvalue weighted by Gasteiger charge is 2.25. The van der Waals surface area contributed by atoms with Gasteiger partial charge < -0.3 is 19.7 Å². The van der Waals surface area contributed by atoms with Crippen LogP contribution in [0.1, 0.15) is 39.2 Å². The van der Waals surface area contributed by atoms with Gasteiger partial charge in [-0.3, -0.25) is 4.79 Å². The summed E-state index contributed by atoms with van der Waals surface area (Å²) in [5.74, 6) is -0.512. The van der Waals surface area contributed by atoms with Gasteiger partial charge in [0.1, 0.15) is 17.3 Å². The zero-order chi connectivity index (χ0) is 21.9. The lowest BCUT2D eigenvalue weighted by Gasteiger charge is -2.24. The lowest BCUT2D eigenvalue weighted by atomic mass is 9.86. The average Bonchev–Trinajstić information content (AvgIpc) is 2.69. The van der Waals surface area contributed by atoms with E-state index in [0.717, 1.165) is 5.56 Å². The molecule has 2 aliphatic rings. The van der Waals surface area contributed by atoms with E-state index in [-0.39, 0.29) is 11.2 Å². The zero-order valence-corrected chi connectivity index (χ0v) is 17.3. The first-order valence-corrected chi connectivity index (χ1v) is 9.85. The average molecular weight is 410 g/mol. The molecule has 0 saturated carbocycles. The molecule has 6 heteroatoms. The monoisotopic (exact) mass is 410 g/mol. The second-order valence-corrected chi connectivity index (χ2v) is 8.37. The molecule has 158 valence electrons. The van der Waals surface area contributed by atoms with Gasteiger partial charge >= 0.3 is 11.9 Å². The Balaban J connectivity index is 1.77. The molecule has 30 heavy (non-hydrogen) atoms. The van der Waals surface area contributed by atoms with Gasteiger partial charge in [0.15, 0.2) is 0 Å². The highest BCUT2D eigenvalue weighted by molar-refractivity contribution is 5.93. The van der Waals surface area contributed by atoms with Crippen molar-refractivity contribution in [2.24, 2.45) is 5.92 Å². The fourth-order valence-electron chi connectivity index (χ4n) is 3.14. The highest BCUT2D eigenvalue weighted by atomic mass is 16.5. The van der Waals surface area contributed by atoms with Crippen molar-refractivity contribution in [3.63, 3.8) is 0 Å². The highest BCUT2D eigenvalue weighted by Crippen LogP contribution is 2.35. The van der Waals surface area contributed by atoms with Gasteiger partial charge in [0.25, 0.3) is 0 Å². The van der Waals surface area contributed by atoms with Crippen molar-refractivity contribution in [1.82, 2.24) is 0 Å². The Hall–Kier alpha value is -3.12. The van der Waals surface area contributed by atoms with Crippen LogP contribution in [-0.2, 0) is 15.0 Å². The lowest BCUT2D eigenvalue weighted by molar-refractivity contribution is -0.137. The standard InChI is InChI=1S/C24H26O6/c1-24(2,3)20-14-19(29-22(27)15-4-8-17(25)9-5-15)12-13-21(20)30-23(28)16-6-10-18(26)11-7-16/h4-6,8,10-14,16-17,25-26H,7,9H2,1-3H3. The molecule has 0 spiro atoms. The fraction of sp³-hybridized carbons (Fsp3) is 0.333. The number of hydrogen-bond acceptors (Lipinski definition) is 6. The second-order valence-electron chi connectivity index (χ2n) is 8.37. The molecule has 0 heterocycles. The van der Waals surface area contributed by atoms with E-state index in [1.54, 1.807) is 48.6 Å². The maximum atomic E-state index is 12.5. The Labute approximate surface area is 175 Å². The number of esters is 2. The minimum Gasteiger partial charge on any atom is -0.508 e. The molecule has 6 nitrogen and oxygen atoms in total. The van der Waals surface area contributed by atoms with Crippen LogP contribution in [0.2, 0.25) is 0 Å². The fourth-order valence-corrected chi connectivity index (χ4v) is 3.14. The first-order valence-electron chi connectivity index (χ1n) is 9.85. The Morgan fingerprint density at radius 2 is 1.80 bits per heavy atom. The van der Waals surface area contributed by atoms with Gasteiger partial charge in [0, 0.05) is 5.56 Å². The number of carbonyl (C=O) groups excluding carboxylic acids is 2. The van der Waals surface area contributed by atoms with Crippen molar-refractivity contribution in [1.29, 1.82) is 0 Å². The predicted octanol–water partition coefficient (Wildman–Crippen LogP) is 4.06. The van der Waals surface area contributed by atoms with E-state index < -0.39 is 24.0 Å². The number of aliphatic hydroxyl groups is 2. The molecule has 0 saturated heterocycles. The van der Waals surface area contributed by atoms with E-state index in [4.69, 9.17) is 9.47 Å². The normalized spacial score (nSPS) is 20.9. The van der Waals surface area contributed by atoms with E-state index in [1.807, 2.05) is 20.8 Å². The molecule has 2 aliphatic carbocycles. The van der Waals surface area contributed by atoms with Crippen molar-refractivity contribution in [2.45, 2.75) is 45.1 Å². The van der Waals surface area contributed by atoms with Gasteiger partial charge in [-0.25, -0.2) is 4.79 Å². The molecule has 2 atom stereocenters. The van der Waals surface area contributed by atoms with E-state index in [2.05, 4.69) is 0 Å². The van der Waals surface area contributed by atoms with Gasteiger partial charge in [0.05, 0.1) is 17.6 Å². The first-order chi connectivity index (χ1) is 14.1. The topological polar surface area (TPSA) is 93.1 Å². The maximum absolute atomic E-state index is 12.5. The van der Waals surface area contributed by atoms with Gasteiger partial charge in [-0.2, -0.15) is 0 Å². The third kappa shape index (κ3) is 5.27. The van der Waals surface area contributed by atoms with Crippen LogP contribution >= 0.6 is 0 Å². The molecule has 1 aromatic carbocycles. The minimum atomic E-state index is -0.582. The Morgan fingerprint density at radius 1 is 1.03 bits per heavy atom. The number of carbonyl (C=O) groups is 2. The van der Waals surface area contributed by atoms with Gasteiger partial charge in [0.2, 0.25) is 0 Å². The van der Waals surface area contributed by atoms with E-state index in [1.165, 1.54) is 6.08 Å². The summed E-state index contributed by atoms with van der Waals surface area (Å²) < 4.78 is 11.1.